The number of ether oxygens (including phenoxy) is 1. The average Bonchev–Trinajstić information content (AvgIpc) is 2.61. The number of amides is 1. The predicted molar refractivity (Wildman–Crippen MR) is 106 cm³/mol. The van der Waals surface area contributed by atoms with E-state index < -0.39 is 0 Å². The van der Waals surface area contributed by atoms with Crippen LogP contribution in [0.2, 0.25) is 0 Å². The largest absolute Gasteiger partial charge is 0.374 e. The van der Waals surface area contributed by atoms with Gasteiger partial charge in [0.15, 0.2) is 0 Å². The molecule has 1 aromatic carbocycles. The molecule has 0 aliphatic heterocycles. The smallest absolute Gasteiger partial charge is 0.224 e. The molecule has 142 valence electrons. The molecule has 0 bridgehead atoms. The normalized spacial score (nSPS) is 14.8. The summed E-state index contributed by atoms with van der Waals surface area (Å²) in [6, 6.07) is 8.01. The Balaban J connectivity index is 0.00000312. The quantitative estimate of drug-likeness (QED) is 0.582. The van der Waals surface area contributed by atoms with Crippen LogP contribution in [0.3, 0.4) is 0 Å². The predicted octanol–water partition coefficient (Wildman–Crippen LogP) is 4.81. The van der Waals surface area contributed by atoms with Crippen molar-refractivity contribution in [2.24, 2.45) is 5.73 Å². The molecular weight excluding hydrogens is 336 g/mol. The Morgan fingerprint density at radius 3 is 2.64 bits per heavy atom. The van der Waals surface area contributed by atoms with Crippen LogP contribution < -0.4 is 11.1 Å². The van der Waals surface area contributed by atoms with E-state index in [0.717, 1.165) is 43.5 Å². The van der Waals surface area contributed by atoms with Crippen molar-refractivity contribution in [1.29, 1.82) is 0 Å². The van der Waals surface area contributed by atoms with Gasteiger partial charge in [-0.05, 0) is 49.9 Å². The fraction of sp³-hybridized carbons (Fsp3) is 0.650. The monoisotopic (exact) mass is 368 g/mol. The van der Waals surface area contributed by atoms with Gasteiger partial charge in [0.05, 0.1) is 12.7 Å². The summed E-state index contributed by atoms with van der Waals surface area (Å²) in [6.07, 6.45) is 11.4. The van der Waals surface area contributed by atoms with Crippen molar-refractivity contribution in [2.75, 3.05) is 11.9 Å². The lowest BCUT2D eigenvalue weighted by Gasteiger charge is -2.22. The van der Waals surface area contributed by atoms with E-state index in [1.54, 1.807) is 0 Å². The molecule has 1 aromatic rings. The van der Waals surface area contributed by atoms with Crippen LogP contribution in [0.25, 0.3) is 0 Å². The van der Waals surface area contributed by atoms with Crippen molar-refractivity contribution >= 4 is 24.0 Å². The molecule has 0 saturated heterocycles. The maximum atomic E-state index is 12.0. The Bertz CT molecular complexity index is 490. The molecule has 1 aliphatic rings. The van der Waals surface area contributed by atoms with Gasteiger partial charge in [-0.25, -0.2) is 0 Å². The summed E-state index contributed by atoms with van der Waals surface area (Å²) in [4.78, 5) is 12.0. The molecule has 0 aromatic heterocycles. The third kappa shape index (κ3) is 9.24. The number of hydrogen-bond donors (Lipinski definition) is 2. The van der Waals surface area contributed by atoms with Gasteiger partial charge in [0, 0.05) is 12.1 Å². The molecule has 0 atom stereocenters. The molecule has 1 amide bonds. The van der Waals surface area contributed by atoms with Gasteiger partial charge in [-0.1, -0.05) is 44.2 Å². The summed E-state index contributed by atoms with van der Waals surface area (Å²) >= 11 is 0. The number of halogens is 1. The summed E-state index contributed by atoms with van der Waals surface area (Å²) in [5.74, 6) is 0.0908. The number of hydrogen-bond acceptors (Lipinski definition) is 3. The molecule has 1 aliphatic carbocycles. The number of unbranched alkanes of at least 4 members (excludes halogenated alkanes) is 3. The molecule has 0 heterocycles. The van der Waals surface area contributed by atoms with E-state index in [-0.39, 0.29) is 18.3 Å². The number of rotatable bonds is 10. The highest BCUT2D eigenvalue weighted by Crippen LogP contribution is 2.22. The third-order valence-electron chi connectivity index (χ3n) is 4.61. The third-order valence-corrected chi connectivity index (χ3v) is 4.61. The average molecular weight is 369 g/mol. The topological polar surface area (TPSA) is 64.4 Å². The van der Waals surface area contributed by atoms with E-state index >= 15 is 0 Å². The molecule has 0 unspecified atom stereocenters. The first-order chi connectivity index (χ1) is 11.8. The van der Waals surface area contributed by atoms with Crippen molar-refractivity contribution in [3.8, 4) is 0 Å². The van der Waals surface area contributed by atoms with Gasteiger partial charge < -0.3 is 15.8 Å². The molecular formula is C20H33ClN2O2. The Morgan fingerprint density at radius 2 is 1.88 bits per heavy atom. The van der Waals surface area contributed by atoms with E-state index in [1.807, 2.05) is 18.2 Å². The van der Waals surface area contributed by atoms with Crippen LogP contribution in [0.5, 0.6) is 0 Å². The van der Waals surface area contributed by atoms with Crippen LogP contribution in [0.15, 0.2) is 24.3 Å². The highest BCUT2D eigenvalue weighted by molar-refractivity contribution is 5.90. The molecule has 0 radical (unpaired) electrons. The highest BCUT2D eigenvalue weighted by atomic mass is 35.5. The second-order valence-electron chi connectivity index (χ2n) is 6.77. The molecule has 5 heteroatoms. The number of anilines is 1. The Morgan fingerprint density at radius 1 is 1.12 bits per heavy atom. The molecule has 25 heavy (non-hydrogen) atoms. The van der Waals surface area contributed by atoms with Crippen molar-refractivity contribution in [3.05, 3.63) is 29.8 Å². The Kier molecular flexibility index (Phi) is 11.5. The van der Waals surface area contributed by atoms with Crippen LogP contribution in [-0.4, -0.2) is 18.6 Å². The van der Waals surface area contributed by atoms with Crippen molar-refractivity contribution < 1.29 is 9.53 Å². The number of carbonyl (C=O) groups is 1. The number of nitrogens with two attached hydrogens (primary N) is 1. The van der Waals surface area contributed by atoms with E-state index in [4.69, 9.17) is 10.5 Å². The zero-order valence-corrected chi connectivity index (χ0v) is 16.0. The van der Waals surface area contributed by atoms with Gasteiger partial charge in [-0.2, -0.15) is 0 Å². The van der Waals surface area contributed by atoms with Gasteiger partial charge in [-0.15, -0.1) is 12.4 Å². The lowest BCUT2D eigenvalue weighted by Crippen LogP contribution is -2.16. The molecule has 0 spiro atoms. The Hall–Kier alpha value is -1.10. The maximum Gasteiger partial charge on any atom is 0.224 e. The van der Waals surface area contributed by atoms with Crippen LogP contribution >= 0.6 is 12.4 Å². The first-order valence-electron chi connectivity index (χ1n) is 9.48. The van der Waals surface area contributed by atoms with Crippen LogP contribution in [0, 0.1) is 0 Å². The van der Waals surface area contributed by atoms with Crippen LogP contribution in [0.1, 0.15) is 69.8 Å². The van der Waals surface area contributed by atoms with Gasteiger partial charge in [-0.3, -0.25) is 4.79 Å². The second kappa shape index (κ2) is 13.2. The molecule has 4 nitrogen and oxygen atoms in total. The fourth-order valence-corrected chi connectivity index (χ4v) is 3.19. The van der Waals surface area contributed by atoms with Gasteiger partial charge in [0.2, 0.25) is 5.91 Å². The minimum atomic E-state index is 0. The van der Waals surface area contributed by atoms with E-state index in [9.17, 15) is 4.79 Å². The maximum absolute atomic E-state index is 12.0. The lowest BCUT2D eigenvalue weighted by molar-refractivity contribution is -0.116. The van der Waals surface area contributed by atoms with Crippen molar-refractivity contribution in [1.82, 2.24) is 0 Å². The minimum Gasteiger partial charge on any atom is -0.374 e. The lowest BCUT2D eigenvalue weighted by atomic mass is 9.98. The summed E-state index contributed by atoms with van der Waals surface area (Å²) in [5, 5.41) is 2.99. The zero-order chi connectivity index (χ0) is 17.0. The summed E-state index contributed by atoms with van der Waals surface area (Å²) in [7, 11) is 0. The standard InChI is InChI=1S/C20H32N2O2.ClH/c21-14-7-2-1-6-13-20(23)22-18-10-8-9-17(15-18)16-24-19-11-4-3-5-12-19;/h8-10,15,19H,1-7,11-14,16,21H2,(H,22,23);1H. The number of benzene rings is 1. The van der Waals surface area contributed by atoms with Crippen molar-refractivity contribution in [2.45, 2.75) is 76.9 Å². The fourth-order valence-electron chi connectivity index (χ4n) is 3.19. The molecule has 1 saturated carbocycles. The van der Waals surface area contributed by atoms with Crippen molar-refractivity contribution in [3.63, 3.8) is 0 Å². The summed E-state index contributed by atoms with van der Waals surface area (Å²) in [5.41, 5.74) is 7.46. The highest BCUT2D eigenvalue weighted by Gasteiger charge is 2.13. The minimum absolute atomic E-state index is 0. The summed E-state index contributed by atoms with van der Waals surface area (Å²) < 4.78 is 6.01. The summed E-state index contributed by atoms with van der Waals surface area (Å²) in [6.45, 7) is 1.37. The SMILES string of the molecule is Cl.NCCCCCCC(=O)Nc1cccc(COC2CCCCC2)c1. The van der Waals surface area contributed by atoms with Gasteiger partial charge in [0.25, 0.3) is 0 Å². The number of carbonyl (C=O) groups excluding carboxylic acids is 1. The first-order valence-corrected chi connectivity index (χ1v) is 9.48. The second-order valence-corrected chi connectivity index (χ2v) is 6.77. The van der Waals surface area contributed by atoms with E-state index in [2.05, 4.69) is 11.4 Å². The first kappa shape index (κ1) is 21.9. The van der Waals surface area contributed by atoms with Gasteiger partial charge in [0.1, 0.15) is 0 Å². The zero-order valence-electron chi connectivity index (χ0n) is 15.2. The van der Waals surface area contributed by atoms with Gasteiger partial charge >= 0.3 is 0 Å². The van der Waals surface area contributed by atoms with E-state index in [0.29, 0.717) is 19.1 Å². The van der Waals surface area contributed by atoms with Crippen LogP contribution in [0.4, 0.5) is 5.69 Å². The van der Waals surface area contributed by atoms with E-state index in [1.165, 1.54) is 32.1 Å². The number of nitrogens with one attached hydrogen (secondary N) is 1. The molecule has 2 rings (SSSR count). The Labute approximate surface area is 158 Å². The van der Waals surface area contributed by atoms with Crippen LogP contribution in [-0.2, 0) is 16.1 Å². The molecule has 1 fully saturated rings. The molecule has 3 N–H and O–H groups in total.